The molecule has 0 aliphatic rings. The molecule has 0 amide bonds. The predicted molar refractivity (Wildman–Crippen MR) is 72.9 cm³/mol. The van der Waals surface area contributed by atoms with E-state index >= 15 is 0 Å². The SMILES string of the molecule is O=c1cc(CO)occ1OCCCOc1ccccc1. The van der Waals surface area contributed by atoms with Crippen LogP contribution in [-0.4, -0.2) is 18.3 Å². The molecule has 0 fully saturated rings. The van der Waals surface area contributed by atoms with Crippen molar-refractivity contribution in [3.63, 3.8) is 0 Å². The van der Waals surface area contributed by atoms with Crippen molar-refractivity contribution >= 4 is 0 Å². The summed E-state index contributed by atoms with van der Waals surface area (Å²) in [5.74, 6) is 1.16. The van der Waals surface area contributed by atoms with Crippen LogP contribution in [0.5, 0.6) is 11.5 Å². The minimum absolute atomic E-state index is 0.141. The standard InChI is InChI=1S/C15H16O5/c16-10-13-9-14(17)15(11-20-13)19-8-4-7-18-12-5-2-1-3-6-12/h1-3,5-6,9,11,16H,4,7-8,10H2. The van der Waals surface area contributed by atoms with Crippen LogP contribution in [0.15, 0.2) is 51.9 Å². The Morgan fingerprint density at radius 1 is 1.10 bits per heavy atom. The minimum atomic E-state index is -0.305. The molecule has 2 rings (SSSR count). The molecule has 1 aromatic carbocycles. The lowest BCUT2D eigenvalue weighted by Gasteiger charge is -2.07. The summed E-state index contributed by atoms with van der Waals surface area (Å²) < 4.78 is 15.8. The normalized spacial score (nSPS) is 10.2. The molecule has 5 heteroatoms. The average molecular weight is 276 g/mol. The van der Waals surface area contributed by atoms with E-state index in [1.165, 1.54) is 12.3 Å². The highest BCUT2D eigenvalue weighted by Crippen LogP contribution is 2.09. The predicted octanol–water partition coefficient (Wildman–Crippen LogP) is 1.98. The molecule has 0 saturated heterocycles. The molecule has 1 aromatic heterocycles. The fourth-order valence-electron chi connectivity index (χ4n) is 1.57. The molecule has 106 valence electrons. The molecule has 0 spiro atoms. The van der Waals surface area contributed by atoms with Gasteiger partial charge in [0, 0.05) is 12.5 Å². The van der Waals surface area contributed by atoms with Gasteiger partial charge in [-0.2, -0.15) is 0 Å². The van der Waals surface area contributed by atoms with Crippen LogP contribution in [0.3, 0.4) is 0 Å². The summed E-state index contributed by atoms with van der Waals surface area (Å²) >= 11 is 0. The zero-order chi connectivity index (χ0) is 14.2. The Morgan fingerprint density at radius 2 is 1.85 bits per heavy atom. The van der Waals surface area contributed by atoms with Crippen LogP contribution < -0.4 is 14.9 Å². The molecule has 5 nitrogen and oxygen atoms in total. The Morgan fingerprint density at radius 3 is 2.55 bits per heavy atom. The van der Waals surface area contributed by atoms with Gasteiger partial charge >= 0.3 is 0 Å². The summed E-state index contributed by atoms with van der Waals surface area (Å²) in [4.78, 5) is 11.6. The van der Waals surface area contributed by atoms with Crippen LogP contribution >= 0.6 is 0 Å². The number of hydrogen-bond acceptors (Lipinski definition) is 5. The first-order valence-corrected chi connectivity index (χ1v) is 6.33. The van der Waals surface area contributed by atoms with Gasteiger partial charge in [0.05, 0.1) is 13.2 Å². The lowest BCUT2D eigenvalue weighted by atomic mass is 10.3. The number of rotatable bonds is 7. The van der Waals surface area contributed by atoms with Crippen molar-refractivity contribution in [1.29, 1.82) is 0 Å². The van der Waals surface area contributed by atoms with Crippen LogP contribution in [0.25, 0.3) is 0 Å². The third-order valence-corrected chi connectivity index (χ3v) is 2.57. The van der Waals surface area contributed by atoms with Gasteiger partial charge in [0.2, 0.25) is 11.2 Å². The quantitative estimate of drug-likeness (QED) is 0.783. The van der Waals surface area contributed by atoms with Crippen molar-refractivity contribution in [2.24, 2.45) is 0 Å². The molecular formula is C15H16O5. The number of para-hydroxylation sites is 1. The van der Waals surface area contributed by atoms with Gasteiger partial charge in [-0.1, -0.05) is 18.2 Å². The Hall–Kier alpha value is -2.27. The highest BCUT2D eigenvalue weighted by molar-refractivity contribution is 5.20. The second-order valence-electron chi connectivity index (χ2n) is 4.10. The summed E-state index contributed by atoms with van der Waals surface area (Å²) in [5, 5.41) is 8.82. The molecule has 2 aromatic rings. The summed E-state index contributed by atoms with van der Waals surface area (Å²) in [6, 6.07) is 10.7. The molecule has 1 N–H and O–H groups in total. The van der Waals surface area contributed by atoms with Crippen molar-refractivity contribution < 1.29 is 19.0 Å². The van der Waals surface area contributed by atoms with Gasteiger partial charge in [-0.15, -0.1) is 0 Å². The third-order valence-electron chi connectivity index (χ3n) is 2.57. The monoisotopic (exact) mass is 276 g/mol. The van der Waals surface area contributed by atoms with Crippen molar-refractivity contribution in [1.82, 2.24) is 0 Å². The lowest BCUT2D eigenvalue weighted by Crippen LogP contribution is -2.11. The van der Waals surface area contributed by atoms with Gasteiger partial charge in [0.25, 0.3) is 0 Å². The van der Waals surface area contributed by atoms with Gasteiger partial charge in [0.1, 0.15) is 24.4 Å². The molecule has 0 aliphatic carbocycles. The van der Waals surface area contributed by atoms with Gasteiger partial charge in [-0.3, -0.25) is 4.79 Å². The largest absolute Gasteiger partial charge is 0.493 e. The van der Waals surface area contributed by atoms with Gasteiger partial charge in [-0.25, -0.2) is 0 Å². The maximum Gasteiger partial charge on any atom is 0.227 e. The van der Waals surface area contributed by atoms with Crippen LogP contribution in [0, 0.1) is 0 Å². The Labute approximate surface area is 116 Å². The Bertz CT molecular complexity index is 576. The number of aliphatic hydroxyl groups excluding tert-OH is 1. The van der Waals surface area contributed by atoms with Crippen LogP contribution in [0.4, 0.5) is 0 Å². The molecule has 0 atom stereocenters. The van der Waals surface area contributed by atoms with Gasteiger partial charge in [-0.05, 0) is 12.1 Å². The van der Waals surface area contributed by atoms with E-state index in [4.69, 9.17) is 19.0 Å². The summed E-state index contributed by atoms with van der Waals surface area (Å²) in [6.07, 6.45) is 1.86. The van der Waals surface area contributed by atoms with Crippen LogP contribution in [0.1, 0.15) is 12.2 Å². The number of aliphatic hydroxyl groups is 1. The first-order valence-electron chi connectivity index (χ1n) is 6.33. The van der Waals surface area contributed by atoms with E-state index < -0.39 is 0 Å². The summed E-state index contributed by atoms with van der Waals surface area (Å²) in [6.45, 7) is 0.556. The number of ether oxygens (including phenoxy) is 2. The fraction of sp³-hybridized carbons (Fsp3) is 0.267. The maximum absolute atomic E-state index is 11.6. The molecule has 0 bridgehead atoms. The van der Waals surface area contributed by atoms with Crippen molar-refractivity contribution in [3.8, 4) is 11.5 Å². The zero-order valence-corrected chi connectivity index (χ0v) is 11.0. The molecule has 0 aliphatic heterocycles. The van der Waals surface area contributed by atoms with E-state index in [9.17, 15) is 4.79 Å². The first-order chi connectivity index (χ1) is 9.79. The molecule has 0 radical (unpaired) electrons. The van der Waals surface area contributed by atoms with Crippen molar-refractivity contribution in [2.75, 3.05) is 13.2 Å². The van der Waals surface area contributed by atoms with E-state index in [1.54, 1.807) is 0 Å². The third kappa shape index (κ3) is 4.13. The topological polar surface area (TPSA) is 68.9 Å². The summed E-state index contributed by atoms with van der Waals surface area (Å²) in [7, 11) is 0. The Kier molecular flexibility index (Phi) is 5.20. The second kappa shape index (κ2) is 7.35. The van der Waals surface area contributed by atoms with Crippen LogP contribution in [0.2, 0.25) is 0 Å². The van der Waals surface area contributed by atoms with E-state index in [2.05, 4.69) is 0 Å². The van der Waals surface area contributed by atoms with Crippen LogP contribution in [-0.2, 0) is 6.61 Å². The van der Waals surface area contributed by atoms with E-state index in [1.807, 2.05) is 30.3 Å². The summed E-state index contributed by atoms with van der Waals surface area (Å²) in [5.41, 5.74) is -0.302. The smallest absolute Gasteiger partial charge is 0.227 e. The number of benzene rings is 1. The highest BCUT2D eigenvalue weighted by Gasteiger charge is 2.03. The van der Waals surface area contributed by atoms with E-state index in [0.29, 0.717) is 19.6 Å². The van der Waals surface area contributed by atoms with Gasteiger partial charge < -0.3 is 19.0 Å². The zero-order valence-electron chi connectivity index (χ0n) is 11.0. The molecule has 0 unspecified atom stereocenters. The molecule has 20 heavy (non-hydrogen) atoms. The van der Waals surface area contributed by atoms with Crippen molar-refractivity contribution in [3.05, 3.63) is 58.6 Å². The van der Waals surface area contributed by atoms with Gasteiger partial charge in [0.15, 0.2) is 0 Å². The molecule has 1 heterocycles. The molecule has 0 saturated carbocycles. The second-order valence-corrected chi connectivity index (χ2v) is 4.10. The lowest BCUT2D eigenvalue weighted by molar-refractivity contribution is 0.228. The minimum Gasteiger partial charge on any atom is -0.493 e. The molecular weight excluding hydrogens is 260 g/mol. The van der Waals surface area contributed by atoms with E-state index in [0.717, 1.165) is 5.75 Å². The average Bonchev–Trinajstić information content (AvgIpc) is 2.49. The maximum atomic E-state index is 11.6. The highest BCUT2D eigenvalue weighted by atomic mass is 16.5. The van der Waals surface area contributed by atoms with Crippen molar-refractivity contribution in [2.45, 2.75) is 13.0 Å². The fourth-order valence-corrected chi connectivity index (χ4v) is 1.57. The van der Waals surface area contributed by atoms with E-state index in [-0.39, 0.29) is 23.5 Å². The first kappa shape index (κ1) is 14.1. The number of hydrogen-bond donors (Lipinski definition) is 1. The Balaban J connectivity index is 1.72.